The van der Waals surface area contributed by atoms with Gasteiger partial charge in [-0.2, -0.15) is 11.8 Å². The second kappa shape index (κ2) is 8.42. The van der Waals surface area contributed by atoms with E-state index < -0.39 is 9.84 Å². The summed E-state index contributed by atoms with van der Waals surface area (Å²) in [5, 5.41) is 3.36. The zero-order valence-electron chi connectivity index (χ0n) is 9.95. The molecular weight excluding hydrogens is 230 g/mol. The molecule has 0 saturated heterocycles. The molecule has 0 fully saturated rings. The van der Waals surface area contributed by atoms with Crippen molar-refractivity contribution in [2.24, 2.45) is 5.92 Å². The van der Waals surface area contributed by atoms with Crippen molar-refractivity contribution in [2.75, 3.05) is 36.6 Å². The van der Waals surface area contributed by atoms with Crippen molar-refractivity contribution in [1.29, 1.82) is 0 Å². The average Bonchev–Trinajstić information content (AvgIpc) is 2.11. The maximum absolute atomic E-state index is 10.9. The van der Waals surface area contributed by atoms with Gasteiger partial charge in [-0.3, -0.25) is 0 Å². The third-order valence-electron chi connectivity index (χ3n) is 1.92. The fourth-order valence-electron chi connectivity index (χ4n) is 1.08. The van der Waals surface area contributed by atoms with Crippen molar-refractivity contribution in [3.8, 4) is 0 Å². The fraction of sp³-hybridized carbons (Fsp3) is 1.00. The van der Waals surface area contributed by atoms with E-state index in [2.05, 4.69) is 19.2 Å². The van der Waals surface area contributed by atoms with Crippen LogP contribution in [-0.2, 0) is 9.84 Å². The van der Waals surface area contributed by atoms with Crippen LogP contribution in [0.4, 0.5) is 0 Å². The van der Waals surface area contributed by atoms with Gasteiger partial charge in [-0.25, -0.2) is 8.42 Å². The maximum atomic E-state index is 10.9. The monoisotopic (exact) mass is 253 g/mol. The van der Waals surface area contributed by atoms with Crippen LogP contribution in [0.1, 0.15) is 20.3 Å². The first-order valence-corrected chi connectivity index (χ1v) is 8.63. The molecule has 0 aromatic carbocycles. The molecule has 5 heteroatoms. The summed E-state index contributed by atoms with van der Waals surface area (Å²) in [5.74, 6) is 2.66. The van der Waals surface area contributed by atoms with Gasteiger partial charge < -0.3 is 5.32 Å². The average molecular weight is 253 g/mol. The van der Waals surface area contributed by atoms with E-state index in [0.29, 0.717) is 11.7 Å². The lowest BCUT2D eigenvalue weighted by atomic mass is 10.2. The second-order valence-corrected chi connectivity index (χ2v) is 7.42. The van der Waals surface area contributed by atoms with Crippen molar-refractivity contribution >= 4 is 21.6 Å². The lowest BCUT2D eigenvalue weighted by molar-refractivity contribution is 0.557. The van der Waals surface area contributed by atoms with Gasteiger partial charge in [0.2, 0.25) is 0 Å². The Morgan fingerprint density at radius 3 is 2.60 bits per heavy atom. The summed E-state index contributed by atoms with van der Waals surface area (Å²) in [4.78, 5) is 0. The van der Waals surface area contributed by atoms with Crippen LogP contribution in [-0.4, -0.2) is 45.0 Å². The molecule has 1 unspecified atom stereocenters. The number of thioether (sulfide) groups is 1. The Morgan fingerprint density at radius 1 is 1.40 bits per heavy atom. The van der Waals surface area contributed by atoms with Crippen LogP contribution in [0.3, 0.4) is 0 Å². The van der Waals surface area contributed by atoms with Crippen LogP contribution in [0.15, 0.2) is 0 Å². The standard InChI is InChI=1S/C10H23NO2S2/c1-4-5-11-8-10(2)9-14-6-7-15(3,12)13/h10-11H,4-9H2,1-3H3. The summed E-state index contributed by atoms with van der Waals surface area (Å²) in [5.41, 5.74) is 0. The normalized spacial score (nSPS) is 14.1. The molecule has 0 heterocycles. The number of hydrogen-bond acceptors (Lipinski definition) is 4. The number of rotatable bonds is 9. The molecule has 0 radical (unpaired) electrons. The fourth-order valence-corrected chi connectivity index (χ4v) is 3.45. The highest BCUT2D eigenvalue weighted by Crippen LogP contribution is 2.08. The Labute approximate surface area is 98.3 Å². The Bertz CT molecular complexity index is 240. The lowest BCUT2D eigenvalue weighted by Crippen LogP contribution is -2.23. The summed E-state index contributed by atoms with van der Waals surface area (Å²) in [6.45, 7) is 6.44. The minimum atomic E-state index is -2.78. The number of sulfone groups is 1. The van der Waals surface area contributed by atoms with Crippen molar-refractivity contribution in [2.45, 2.75) is 20.3 Å². The van der Waals surface area contributed by atoms with Gasteiger partial charge in [-0.15, -0.1) is 0 Å². The van der Waals surface area contributed by atoms with E-state index in [4.69, 9.17) is 0 Å². The van der Waals surface area contributed by atoms with Crippen LogP contribution in [0.2, 0.25) is 0 Å². The van der Waals surface area contributed by atoms with Gasteiger partial charge in [0, 0.05) is 12.0 Å². The second-order valence-electron chi connectivity index (χ2n) is 4.01. The van der Waals surface area contributed by atoms with Gasteiger partial charge >= 0.3 is 0 Å². The molecule has 1 atom stereocenters. The summed E-state index contributed by atoms with van der Waals surface area (Å²) in [7, 11) is -2.78. The molecule has 0 aromatic rings. The zero-order valence-corrected chi connectivity index (χ0v) is 11.6. The molecule has 0 aromatic heterocycles. The van der Waals surface area contributed by atoms with E-state index in [1.807, 2.05) is 0 Å². The van der Waals surface area contributed by atoms with Crippen LogP contribution in [0.5, 0.6) is 0 Å². The van der Waals surface area contributed by atoms with E-state index in [-0.39, 0.29) is 0 Å². The van der Waals surface area contributed by atoms with Gasteiger partial charge in [-0.05, 0) is 31.2 Å². The van der Waals surface area contributed by atoms with Gasteiger partial charge in [0.1, 0.15) is 9.84 Å². The van der Waals surface area contributed by atoms with Crippen molar-refractivity contribution in [3.63, 3.8) is 0 Å². The highest BCUT2D eigenvalue weighted by molar-refractivity contribution is 8.00. The molecule has 0 rings (SSSR count). The molecule has 0 aliphatic rings. The SMILES string of the molecule is CCCNCC(C)CSCCS(C)(=O)=O. The predicted octanol–water partition coefficient (Wildman–Crippen LogP) is 1.40. The number of nitrogens with one attached hydrogen (secondary N) is 1. The topological polar surface area (TPSA) is 46.2 Å². The number of hydrogen-bond donors (Lipinski definition) is 1. The van der Waals surface area contributed by atoms with Crippen molar-refractivity contribution in [1.82, 2.24) is 5.32 Å². The summed E-state index contributed by atoms with van der Waals surface area (Å²) >= 11 is 1.73. The largest absolute Gasteiger partial charge is 0.316 e. The molecule has 0 spiro atoms. The third-order valence-corrected chi connectivity index (χ3v) is 4.42. The molecule has 0 saturated carbocycles. The molecule has 15 heavy (non-hydrogen) atoms. The van der Waals surface area contributed by atoms with Crippen LogP contribution >= 0.6 is 11.8 Å². The summed E-state index contributed by atoms with van der Waals surface area (Å²) in [6, 6.07) is 0. The first-order valence-electron chi connectivity index (χ1n) is 5.42. The highest BCUT2D eigenvalue weighted by atomic mass is 32.2. The Hall–Kier alpha value is 0.260. The maximum Gasteiger partial charge on any atom is 0.148 e. The molecule has 0 bridgehead atoms. The minimum Gasteiger partial charge on any atom is -0.316 e. The van der Waals surface area contributed by atoms with E-state index in [9.17, 15) is 8.42 Å². The first-order chi connectivity index (χ1) is 6.95. The Kier molecular flexibility index (Phi) is 8.56. The zero-order chi connectivity index (χ0) is 11.7. The minimum absolute atomic E-state index is 0.298. The molecule has 0 aliphatic heterocycles. The van der Waals surface area contributed by atoms with Gasteiger partial charge in [0.05, 0.1) is 5.75 Å². The molecular formula is C10H23NO2S2. The molecule has 92 valence electrons. The van der Waals surface area contributed by atoms with Crippen LogP contribution in [0.25, 0.3) is 0 Å². The Balaban J connectivity index is 3.35. The molecule has 3 nitrogen and oxygen atoms in total. The summed E-state index contributed by atoms with van der Waals surface area (Å²) in [6.07, 6.45) is 2.45. The van der Waals surface area contributed by atoms with Gasteiger partial charge in [-0.1, -0.05) is 13.8 Å². The quantitative estimate of drug-likeness (QED) is 0.631. The van der Waals surface area contributed by atoms with E-state index in [1.54, 1.807) is 11.8 Å². The first kappa shape index (κ1) is 15.3. The third kappa shape index (κ3) is 12.2. The predicted molar refractivity (Wildman–Crippen MR) is 69.4 cm³/mol. The molecule has 0 amide bonds. The Morgan fingerprint density at radius 2 is 2.07 bits per heavy atom. The van der Waals surface area contributed by atoms with Crippen molar-refractivity contribution < 1.29 is 8.42 Å². The molecule has 1 N–H and O–H groups in total. The highest BCUT2D eigenvalue weighted by Gasteiger charge is 2.04. The smallest absolute Gasteiger partial charge is 0.148 e. The van der Waals surface area contributed by atoms with Crippen LogP contribution in [0, 0.1) is 5.92 Å². The van der Waals surface area contributed by atoms with E-state index >= 15 is 0 Å². The summed E-state index contributed by atoms with van der Waals surface area (Å²) < 4.78 is 21.7. The van der Waals surface area contributed by atoms with Crippen molar-refractivity contribution in [3.05, 3.63) is 0 Å². The van der Waals surface area contributed by atoms with E-state index in [0.717, 1.165) is 31.0 Å². The van der Waals surface area contributed by atoms with E-state index in [1.165, 1.54) is 6.26 Å². The molecule has 0 aliphatic carbocycles. The lowest BCUT2D eigenvalue weighted by Gasteiger charge is -2.11. The van der Waals surface area contributed by atoms with Gasteiger partial charge in [0.25, 0.3) is 0 Å². The van der Waals surface area contributed by atoms with Gasteiger partial charge in [0.15, 0.2) is 0 Å². The van der Waals surface area contributed by atoms with Crippen LogP contribution < -0.4 is 5.32 Å².